The minimum atomic E-state index is -0.533. The molecule has 1 unspecified atom stereocenters. The molecule has 0 radical (unpaired) electrons. The maximum atomic E-state index is 13.0. The number of benzene rings is 2. The number of nitrogens with two attached hydrogens (primary N) is 1. The van der Waals surface area contributed by atoms with Gasteiger partial charge in [0.1, 0.15) is 5.82 Å². The van der Waals surface area contributed by atoms with Gasteiger partial charge in [-0.25, -0.2) is 4.39 Å². The van der Waals surface area contributed by atoms with Crippen LogP contribution >= 0.6 is 11.6 Å². The molecule has 0 aliphatic rings. The molecular formula is C16H17ClFN. The predicted octanol–water partition coefficient (Wildman–Crippen LogP) is 4.20. The summed E-state index contributed by atoms with van der Waals surface area (Å²) in [6.07, 6.45) is 0.565. The van der Waals surface area contributed by atoms with Crippen LogP contribution in [0.4, 0.5) is 4.39 Å². The molecule has 0 amide bonds. The number of aryl methyl sites for hydroxylation is 1. The van der Waals surface area contributed by atoms with Crippen molar-refractivity contribution in [2.24, 2.45) is 5.73 Å². The van der Waals surface area contributed by atoms with Gasteiger partial charge in [-0.3, -0.25) is 0 Å². The molecule has 0 aromatic heterocycles. The van der Waals surface area contributed by atoms with Gasteiger partial charge in [0.05, 0.1) is 0 Å². The minimum absolute atomic E-state index is 0.331. The molecular weight excluding hydrogens is 261 g/mol. The maximum absolute atomic E-state index is 13.0. The summed E-state index contributed by atoms with van der Waals surface area (Å²) in [6.45, 7) is 3.99. The van der Waals surface area contributed by atoms with E-state index in [-0.39, 0.29) is 5.82 Å². The van der Waals surface area contributed by atoms with E-state index in [0.29, 0.717) is 11.4 Å². The Labute approximate surface area is 118 Å². The molecule has 2 rings (SSSR count). The second kappa shape index (κ2) is 5.32. The van der Waals surface area contributed by atoms with Crippen molar-refractivity contribution in [2.75, 3.05) is 0 Å². The highest BCUT2D eigenvalue weighted by Crippen LogP contribution is 2.27. The standard InChI is InChI=1S/C16H17ClFN/c1-11-3-6-13(7-4-11)16(2,19)10-12-5-8-14(18)9-15(12)17/h3-9H,10,19H2,1-2H3. The molecule has 1 atom stereocenters. The van der Waals surface area contributed by atoms with Crippen molar-refractivity contribution in [3.05, 3.63) is 70.0 Å². The maximum Gasteiger partial charge on any atom is 0.124 e. The van der Waals surface area contributed by atoms with Crippen molar-refractivity contribution >= 4 is 11.6 Å². The first kappa shape index (κ1) is 14.0. The Morgan fingerprint density at radius 1 is 1.16 bits per heavy atom. The molecule has 0 bridgehead atoms. The van der Waals surface area contributed by atoms with Gasteiger partial charge >= 0.3 is 0 Å². The smallest absolute Gasteiger partial charge is 0.124 e. The zero-order chi connectivity index (χ0) is 14.0. The summed E-state index contributed by atoms with van der Waals surface area (Å²) in [5.74, 6) is -0.331. The average Bonchev–Trinajstić information content (AvgIpc) is 2.33. The van der Waals surface area contributed by atoms with E-state index in [9.17, 15) is 4.39 Å². The van der Waals surface area contributed by atoms with Crippen molar-refractivity contribution in [3.8, 4) is 0 Å². The Morgan fingerprint density at radius 3 is 2.37 bits per heavy atom. The molecule has 0 saturated heterocycles. The van der Waals surface area contributed by atoms with E-state index in [1.54, 1.807) is 6.07 Å². The van der Waals surface area contributed by atoms with Gasteiger partial charge in [-0.15, -0.1) is 0 Å². The van der Waals surface area contributed by atoms with Gasteiger partial charge in [0.25, 0.3) is 0 Å². The van der Waals surface area contributed by atoms with Crippen molar-refractivity contribution in [3.63, 3.8) is 0 Å². The molecule has 0 aliphatic heterocycles. The Kier molecular flexibility index (Phi) is 3.93. The van der Waals surface area contributed by atoms with Crippen LogP contribution in [0.2, 0.25) is 5.02 Å². The monoisotopic (exact) mass is 277 g/mol. The first-order valence-corrected chi connectivity index (χ1v) is 6.56. The zero-order valence-electron chi connectivity index (χ0n) is 11.1. The van der Waals surface area contributed by atoms with E-state index in [1.807, 2.05) is 38.1 Å². The largest absolute Gasteiger partial charge is 0.321 e. The third-order valence-electron chi connectivity index (χ3n) is 3.28. The number of hydrogen-bond acceptors (Lipinski definition) is 1. The van der Waals surface area contributed by atoms with E-state index < -0.39 is 5.54 Å². The Balaban J connectivity index is 2.27. The molecule has 0 aliphatic carbocycles. The van der Waals surface area contributed by atoms with E-state index >= 15 is 0 Å². The summed E-state index contributed by atoms with van der Waals surface area (Å²) in [4.78, 5) is 0. The van der Waals surface area contributed by atoms with Gasteiger partial charge in [0, 0.05) is 10.6 Å². The van der Waals surface area contributed by atoms with Crippen LogP contribution < -0.4 is 5.73 Å². The molecule has 2 N–H and O–H groups in total. The SMILES string of the molecule is Cc1ccc(C(C)(N)Cc2ccc(F)cc2Cl)cc1. The summed E-state index contributed by atoms with van der Waals surface area (Å²) in [7, 11) is 0. The van der Waals surface area contributed by atoms with E-state index in [1.165, 1.54) is 17.7 Å². The van der Waals surface area contributed by atoms with Crippen LogP contribution in [0.15, 0.2) is 42.5 Å². The summed E-state index contributed by atoms with van der Waals surface area (Å²) in [5.41, 5.74) is 8.93. The van der Waals surface area contributed by atoms with Crippen LogP contribution in [0.25, 0.3) is 0 Å². The van der Waals surface area contributed by atoms with Crippen LogP contribution in [-0.4, -0.2) is 0 Å². The minimum Gasteiger partial charge on any atom is -0.321 e. The molecule has 100 valence electrons. The van der Waals surface area contributed by atoms with Crippen molar-refractivity contribution in [2.45, 2.75) is 25.8 Å². The highest BCUT2D eigenvalue weighted by atomic mass is 35.5. The van der Waals surface area contributed by atoms with E-state index in [0.717, 1.165) is 11.1 Å². The second-order valence-corrected chi connectivity index (χ2v) is 5.60. The van der Waals surface area contributed by atoms with Gasteiger partial charge < -0.3 is 5.73 Å². The van der Waals surface area contributed by atoms with E-state index in [2.05, 4.69) is 0 Å². The number of rotatable bonds is 3. The lowest BCUT2D eigenvalue weighted by atomic mass is 9.86. The fourth-order valence-electron chi connectivity index (χ4n) is 2.10. The Hall–Kier alpha value is -1.38. The fourth-order valence-corrected chi connectivity index (χ4v) is 2.33. The van der Waals surface area contributed by atoms with Crippen LogP contribution in [0, 0.1) is 12.7 Å². The van der Waals surface area contributed by atoms with Crippen molar-refractivity contribution < 1.29 is 4.39 Å². The molecule has 0 saturated carbocycles. The molecule has 0 fully saturated rings. The lowest BCUT2D eigenvalue weighted by molar-refractivity contribution is 0.491. The predicted molar refractivity (Wildman–Crippen MR) is 77.8 cm³/mol. The quantitative estimate of drug-likeness (QED) is 0.894. The van der Waals surface area contributed by atoms with Crippen LogP contribution in [-0.2, 0) is 12.0 Å². The first-order valence-electron chi connectivity index (χ1n) is 6.18. The average molecular weight is 278 g/mol. The summed E-state index contributed by atoms with van der Waals surface area (Å²) >= 11 is 6.05. The normalized spacial score (nSPS) is 14.2. The Morgan fingerprint density at radius 2 is 1.79 bits per heavy atom. The highest BCUT2D eigenvalue weighted by molar-refractivity contribution is 6.31. The van der Waals surface area contributed by atoms with Crippen LogP contribution in [0.5, 0.6) is 0 Å². The summed E-state index contributed by atoms with van der Waals surface area (Å²) < 4.78 is 13.0. The van der Waals surface area contributed by atoms with Gasteiger partial charge in [-0.05, 0) is 43.5 Å². The molecule has 3 heteroatoms. The van der Waals surface area contributed by atoms with Crippen molar-refractivity contribution in [1.29, 1.82) is 0 Å². The Bertz CT molecular complexity index is 576. The number of halogens is 2. The van der Waals surface area contributed by atoms with Gasteiger partial charge in [-0.2, -0.15) is 0 Å². The van der Waals surface area contributed by atoms with Crippen molar-refractivity contribution in [1.82, 2.24) is 0 Å². The second-order valence-electron chi connectivity index (χ2n) is 5.20. The van der Waals surface area contributed by atoms with Gasteiger partial charge in [0.15, 0.2) is 0 Å². The molecule has 2 aromatic carbocycles. The summed E-state index contributed by atoms with van der Waals surface area (Å²) in [5, 5.41) is 0.420. The zero-order valence-corrected chi connectivity index (χ0v) is 11.8. The topological polar surface area (TPSA) is 26.0 Å². The van der Waals surface area contributed by atoms with Gasteiger partial charge in [0.2, 0.25) is 0 Å². The third-order valence-corrected chi connectivity index (χ3v) is 3.64. The lowest BCUT2D eigenvalue weighted by Gasteiger charge is -2.26. The number of hydrogen-bond donors (Lipinski definition) is 1. The third kappa shape index (κ3) is 3.34. The highest BCUT2D eigenvalue weighted by Gasteiger charge is 2.22. The molecule has 2 aromatic rings. The van der Waals surface area contributed by atoms with Gasteiger partial charge in [-0.1, -0.05) is 47.5 Å². The summed E-state index contributed by atoms with van der Waals surface area (Å²) in [6, 6.07) is 12.5. The van der Waals surface area contributed by atoms with Crippen LogP contribution in [0.3, 0.4) is 0 Å². The molecule has 0 heterocycles. The lowest BCUT2D eigenvalue weighted by Crippen LogP contribution is -2.35. The fraction of sp³-hybridized carbons (Fsp3) is 0.250. The van der Waals surface area contributed by atoms with Crippen LogP contribution in [0.1, 0.15) is 23.6 Å². The molecule has 1 nitrogen and oxygen atoms in total. The molecule has 19 heavy (non-hydrogen) atoms. The first-order chi connectivity index (χ1) is 8.88. The van der Waals surface area contributed by atoms with E-state index in [4.69, 9.17) is 17.3 Å². The molecule has 0 spiro atoms.